The van der Waals surface area contributed by atoms with Crippen LogP contribution in [-0.2, 0) is 6.61 Å². The maximum Gasteiger partial charge on any atom is 0.310 e. The third-order valence-electron chi connectivity index (χ3n) is 2.71. The molecule has 0 spiro atoms. The lowest BCUT2D eigenvalue weighted by atomic mass is 10.2. The average molecular weight is 371 g/mol. The van der Waals surface area contributed by atoms with Gasteiger partial charge in [-0.15, -0.1) is 0 Å². The first-order valence-electron chi connectivity index (χ1n) is 5.81. The van der Waals surface area contributed by atoms with Crippen LogP contribution in [0.25, 0.3) is 0 Å². The highest BCUT2D eigenvalue weighted by molar-refractivity contribution is 9.10. The van der Waals surface area contributed by atoms with Crippen LogP contribution in [0.3, 0.4) is 0 Å². The summed E-state index contributed by atoms with van der Waals surface area (Å²) in [7, 11) is 0. The fourth-order valence-corrected chi connectivity index (χ4v) is 2.39. The van der Waals surface area contributed by atoms with E-state index in [1.165, 1.54) is 18.2 Å². The molecule has 5 nitrogen and oxygen atoms in total. The van der Waals surface area contributed by atoms with Crippen molar-refractivity contribution in [3.05, 3.63) is 67.1 Å². The van der Waals surface area contributed by atoms with Crippen LogP contribution in [0.1, 0.15) is 15.9 Å². The minimum atomic E-state index is -0.562. The number of carbonyl (C=O) groups excluding carboxylic acids is 1. The van der Waals surface area contributed by atoms with Crippen molar-refractivity contribution < 1.29 is 14.5 Å². The van der Waals surface area contributed by atoms with Gasteiger partial charge >= 0.3 is 5.69 Å². The molecule has 0 N–H and O–H groups in total. The Bertz CT molecular complexity index is 705. The quantitative estimate of drug-likeness (QED) is 0.444. The molecule has 0 bridgehead atoms. The van der Waals surface area contributed by atoms with Gasteiger partial charge in [0.25, 0.3) is 0 Å². The molecule has 2 aromatic rings. The molecule has 0 unspecified atom stereocenters. The van der Waals surface area contributed by atoms with E-state index in [0.29, 0.717) is 22.4 Å². The Balaban J connectivity index is 2.26. The second-order valence-corrected chi connectivity index (χ2v) is 5.45. The third-order valence-corrected chi connectivity index (χ3v) is 3.56. The van der Waals surface area contributed by atoms with Gasteiger partial charge in [-0.05, 0) is 24.3 Å². The largest absolute Gasteiger partial charge is 0.482 e. The Morgan fingerprint density at radius 3 is 2.67 bits per heavy atom. The predicted molar refractivity (Wildman–Crippen MR) is 82.0 cm³/mol. The number of nitro benzene ring substituents is 1. The van der Waals surface area contributed by atoms with Gasteiger partial charge in [0, 0.05) is 26.7 Å². The highest BCUT2D eigenvalue weighted by Gasteiger charge is 2.16. The van der Waals surface area contributed by atoms with Crippen LogP contribution in [0.4, 0.5) is 5.69 Å². The molecule has 2 rings (SSSR count). The Morgan fingerprint density at radius 1 is 1.29 bits per heavy atom. The summed E-state index contributed by atoms with van der Waals surface area (Å²) in [5.74, 6) is 0.0311. The number of nitrogens with zero attached hydrogens (tertiary/aromatic N) is 1. The predicted octanol–water partition coefficient (Wildman–Crippen LogP) is 4.40. The number of rotatable bonds is 5. The molecule has 0 radical (unpaired) electrons. The summed E-state index contributed by atoms with van der Waals surface area (Å²) >= 11 is 9.35. The van der Waals surface area contributed by atoms with Crippen molar-refractivity contribution in [1.29, 1.82) is 0 Å². The maximum atomic E-state index is 10.9. The van der Waals surface area contributed by atoms with Gasteiger partial charge in [-0.25, -0.2) is 0 Å². The van der Waals surface area contributed by atoms with Gasteiger partial charge in [-0.1, -0.05) is 33.6 Å². The van der Waals surface area contributed by atoms with Crippen molar-refractivity contribution in [2.24, 2.45) is 0 Å². The Morgan fingerprint density at radius 2 is 2.05 bits per heavy atom. The smallest absolute Gasteiger partial charge is 0.310 e. The highest BCUT2D eigenvalue weighted by Crippen LogP contribution is 2.29. The van der Waals surface area contributed by atoms with Crippen molar-refractivity contribution in [1.82, 2.24) is 0 Å². The molecule has 0 atom stereocenters. The van der Waals surface area contributed by atoms with Gasteiger partial charge in [-0.3, -0.25) is 14.9 Å². The van der Waals surface area contributed by atoms with Crippen molar-refractivity contribution in [2.75, 3.05) is 0 Å². The summed E-state index contributed by atoms with van der Waals surface area (Å²) in [4.78, 5) is 21.1. The molecule has 0 aliphatic heterocycles. The van der Waals surface area contributed by atoms with E-state index in [1.54, 1.807) is 18.2 Å². The zero-order chi connectivity index (χ0) is 15.4. The zero-order valence-electron chi connectivity index (χ0n) is 10.6. The van der Waals surface area contributed by atoms with E-state index in [1.807, 2.05) is 0 Å². The molecule has 0 heterocycles. The standard InChI is InChI=1S/C14H9BrClNO4/c15-11-3-2-10(12(16)6-11)8-21-14-5-9(7-18)1-4-13(14)17(19)20/h1-7H,8H2. The number of benzene rings is 2. The molecule has 21 heavy (non-hydrogen) atoms. The fourth-order valence-electron chi connectivity index (χ4n) is 1.66. The monoisotopic (exact) mass is 369 g/mol. The van der Waals surface area contributed by atoms with Crippen LogP contribution in [0, 0.1) is 10.1 Å². The molecule has 0 saturated heterocycles. The first-order chi connectivity index (χ1) is 10.0. The lowest BCUT2D eigenvalue weighted by Crippen LogP contribution is -2.00. The molecule has 0 aliphatic rings. The molecule has 0 aromatic heterocycles. The number of carbonyl (C=O) groups is 1. The molecular formula is C14H9BrClNO4. The van der Waals surface area contributed by atoms with Gasteiger partial charge < -0.3 is 4.74 Å². The van der Waals surface area contributed by atoms with Crippen LogP contribution in [0.15, 0.2) is 40.9 Å². The SMILES string of the molecule is O=Cc1ccc([N+](=O)[O-])c(OCc2ccc(Br)cc2Cl)c1. The minimum Gasteiger partial charge on any atom is -0.482 e. The van der Waals surface area contributed by atoms with E-state index in [2.05, 4.69) is 15.9 Å². The maximum absolute atomic E-state index is 10.9. The van der Waals surface area contributed by atoms with Gasteiger partial charge in [0.1, 0.15) is 12.9 Å². The van der Waals surface area contributed by atoms with E-state index in [4.69, 9.17) is 16.3 Å². The first-order valence-corrected chi connectivity index (χ1v) is 6.98. The second-order valence-electron chi connectivity index (χ2n) is 4.13. The highest BCUT2D eigenvalue weighted by atomic mass is 79.9. The molecule has 0 fully saturated rings. The number of aldehydes is 1. The van der Waals surface area contributed by atoms with Gasteiger partial charge in [0.05, 0.1) is 4.92 Å². The summed E-state index contributed by atoms with van der Waals surface area (Å²) < 4.78 is 6.27. The number of halogens is 2. The van der Waals surface area contributed by atoms with Crippen molar-refractivity contribution in [3.63, 3.8) is 0 Å². The lowest BCUT2D eigenvalue weighted by Gasteiger charge is -2.09. The normalized spacial score (nSPS) is 10.2. The molecular weight excluding hydrogens is 362 g/mol. The summed E-state index contributed by atoms with van der Waals surface area (Å²) in [5, 5.41) is 11.4. The van der Waals surface area contributed by atoms with E-state index in [-0.39, 0.29) is 18.0 Å². The van der Waals surface area contributed by atoms with Crippen molar-refractivity contribution in [2.45, 2.75) is 6.61 Å². The molecule has 0 saturated carbocycles. The van der Waals surface area contributed by atoms with Crippen molar-refractivity contribution >= 4 is 39.5 Å². The number of hydrogen-bond acceptors (Lipinski definition) is 4. The van der Waals surface area contributed by atoms with Crippen LogP contribution in [0.2, 0.25) is 5.02 Å². The molecule has 7 heteroatoms. The van der Waals surface area contributed by atoms with E-state index in [0.717, 1.165) is 4.47 Å². The number of hydrogen-bond donors (Lipinski definition) is 0. The van der Waals surface area contributed by atoms with Gasteiger partial charge in [-0.2, -0.15) is 0 Å². The van der Waals surface area contributed by atoms with Crippen molar-refractivity contribution in [3.8, 4) is 5.75 Å². The Labute approximate surface area is 133 Å². The van der Waals surface area contributed by atoms with Crippen LogP contribution in [0.5, 0.6) is 5.75 Å². The summed E-state index contributed by atoms with van der Waals surface area (Å²) in [6, 6.07) is 9.18. The summed E-state index contributed by atoms with van der Waals surface area (Å²) in [6.07, 6.45) is 0.600. The van der Waals surface area contributed by atoms with E-state index >= 15 is 0 Å². The molecule has 0 amide bonds. The van der Waals surface area contributed by atoms with E-state index in [9.17, 15) is 14.9 Å². The van der Waals surface area contributed by atoms with Crippen LogP contribution >= 0.6 is 27.5 Å². The van der Waals surface area contributed by atoms with Gasteiger partial charge in [0.2, 0.25) is 0 Å². The number of nitro groups is 1. The molecule has 0 aliphatic carbocycles. The third kappa shape index (κ3) is 3.80. The molecule has 108 valence electrons. The van der Waals surface area contributed by atoms with E-state index < -0.39 is 4.92 Å². The zero-order valence-corrected chi connectivity index (χ0v) is 12.9. The van der Waals surface area contributed by atoms with Crippen LogP contribution < -0.4 is 4.74 Å². The lowest BCUT2D eigenvalue weighted by molar-refractivity contribution is -0.385. The minimum absolute atomic E-state index is 0.0311. The van der Waals surface area contributed by atoms with Gasteiger partial charge in [0.15, 0.2) is 5.75 Å². The average Bonchev–Trinajstić information content (AvgIpc) is 2.45. The second kappa shape index (κ2) is 6.69. The summed E-state index contributed by atoms with van der Waals surface area (Å²) in [6.45, 7) is 0.0647. The summed E-state index contributed by atoms with van der Waals surface area (Å²) in [5.41, 5.74) is 0.789. The Hall–Kier alpha value is -1.92. The van der Waals surface area contributed by atoms with Crippen LogP contribution in [-0.4, -0.2) is 11.2 Å². The topological polar surface area (TPSA) is 69.4 Å². The Kier molecular flexibility index (Phi) is 4.93. The fraction of sp³-hybridized carbons (Fsp3) is 0.0714. The molecule has 2 aromatic carbocycles. The number of ether oxygens (including phenoxy) is 1. The first kappa shape index (κ1) is 15.5.